The molecule has 16 heavy (non-hydrogen) atoms. The van der Waals surface area contributed by atoms with Crippen LogP contribution in [-0.2, 0) is 11.3 Å². The number of nitrogens with one attached hydrogen (secondary N) is 1. The SMILES string of the molecule is CCOC(C)CNCc1c(F)cccc1Cl. The van der Waals surface area contributed by atoms with E-state index in [9.17, 15) is 4.39 Å². The van der Waals surface area contributed by atoms with Crippen LogP contribution in [0.25, 0.3) is 0 Å². The molecule has 1 atom stereocenters. The summed E-state index contributed by atoms with van der Waals surface area (Å²) in [4.78, 5) is 0. The zero-order valence-electron chi connectivity index (χ0n) is 9.59. The molecule has 0 saturated heterocycles. The van der Waals surface area contributed by atoms with Crippen molar-refractivity contribution < 1.29 is 9.13 Å². The predicted octanol–water partition coefficient (Wildman–Crippen LogP) is 2.99. The first-order valence-electron chi connectivity index (χ1n) is 5.40. The van der Waals surface area contributed by atoms with Crippen molar-refractivity contribution >= 4 is 11.6 Å². The third-order valence-corrected chi connectivity index (χ3v) is 2.60. The second kappa shape index (κ2) is 6.84. The van der Waals surface area contributed by atoms with Gasteiger partial charge in [0.25, 0.3) is 0 Å². The highest BCUT2D eigenvalue weighted by molar-refractivity contribution is 6.31. The van der Waals surface area contributed by atoms with Crippen molar-refractivity contribution in [3.8, 4) is 0 Å². The Balaban J connectivity index is 2.43. The van der Waals surface area contributed by atoms with E-state index < -0.39 is 0 Å². The summed E-state index contributed by atoms with van der Waals surface area (Å²) in [5.41, 5.74) is 0.507. The Morgan fingerprint density at radius 2 is 2.25 bits per heavy atom. The molecular formula is C12H17ClFNO. The molecule has 0 saturated carbocycles. The predicted molar refractivity (Wildman–Crippen MR) is 64.2 cm³/mol. The van der Waals surface area contributed by atoms with Gasteiger partial charge in [-0.25, -0.2) is 4.39 Å². The highest BCUT2D eigenvalue weighted by atomic mass is 35.5. The van der Waals surface area contributed by atoms with Gasteiger partial charge in [-0.1, -0.05) is 17.7 Å². The average Bonchev–Trinajstić information content (AvgIpc) is 2.23. The van der Waals surface area contributed by atoms with Crippen molar-refractivity contribution in [3.63, 3.8) is 0 Å². The molecule has 0 aromatic heterocycles. The maximum atomic E-state index is 13.4. The number of ether oxygens (including phenoxy) is 1. The van der Waals surface area contributed by atoms with Crippen molar-refractivity contribution in [2.45, 2.75) is 26.5 Å². The van der Waals surface area contributed by atoms with Gasteiger partial charge in [0, 0.05) is 30.3 Å². The molecule has 0 fully saturated rings. The van der Waals surface area contributed by atoms with Gasteiger partial charge in [-0.15, -0.1) is 0 Å². The van der Waals surface area contributed by atoms with Crippen LogP contribution in [0.3, 0.4) is 0 Å². The summed E-state index contributed by atoms with van der Waals surface area (Å²) in [6, 6.07) is 4.70. The van der Waals surface area contributed by atoms with Crippen LogP contribution >= 0.6 is 11.6 Å². The fraction of sp³-hybridized carbons (Fsp3) is 0.500. The summed E-state index contributed by atoms with van der Waals surface area (Å²) in [6.45, 7) is 5.70. The minimum atomic E-state index is -0.274. The van der Waals surface area contributed by atoms with Crippen LogP contribution in [0, 0.1) is 5.82 Å². The van der Waals surface area contributed by atoms with Crippen LogP contribution in [0.2, 0.25) is 5.02 Å². The Kier molecular flexibility index (Phi) is 5.74. The second-order valence-corrected chi connectivity index (χ2v) is 4.00. The molecule has 90 valence electrons. The van der Waals surface area contributed by atoms with E-state index in [2.05, 4.69) is 5.32 Å². The van der Waals surface area contributed by atoms with Gasteiger partial charge in [0.15, 0.2) is 0 Å². The lowest BCUT2D eigenvalue weighted by molar-refractivity contribution is 0.0759. The summed E-state index contributed by atoms with van der Waals surface area (Å²) < 4.78 is 18.7. The molecule has 1 N–H and O–H groups in total. The Labute approximate surface area is 101 Å². The first-order chi connectivity index (χ1) is 7.65. The highest BCUT2D eigenvalue weighted by Gasteiger charge is 2.07. The zero-order valence-corrected chi connectivity index (χ0v) is 10.4. The van der Waals surface area contributed by atoms with Gasteiger partial charge in [-0.2, -0.15) is 0 Å². The van der Waals surface area contributed by atoms with Crippen LogP contribution in [0.1, 0.15) is 19.4 Å². The smallest absolute Gasteiger partial charge is 0.129 e. The van der Waals surface area contributed by atoms with Crippen LogP contribution in [-0.4, -0.2) is 19.3 Å². The third kappa shape index (κ3) is 4.08. The molecule has 0 aliphatic carbocycles. The Morgan fingerprint density at radius 1 is 1.50 bits per heavy atom. The molecule has 0 bridgehead atoms. The Bertz CT molecular complexity index is 313. The van der Waals surface area contributed by atoms with E-state index in [0.29, 0.717) is 30.3 Å². The Hall–Kier alpha value is -0.640. The first kappa shape index (κ1) is 13.4. The normalized spacial score (nSPS) is 12.8. The molecule has 0 radical (unpaired) electrons. The van der Waals surface area contributed by atoms with E-state index in [1.807, 2.05) is 13.8 Å². The molecular weight excluding hydrogens is 229 g/mol. The molecule has 1 aromatic carbocycles. The number of hydrogen-bond acceptors (Lipinski definition) is 2. The molecule has 0 aliphatic heterocycles. The third-order valence-electron chi connectivity index (χ3n) is 2.25. The number of benzene rings is 1. The van der Waals surface area contributed by atoms with Gasteiger partial charge in [0.05, 0.1) is 6.10 Å². The van der Waals surface area contributed by atoms with Gasteiger partial charge in [0.2, 0.25) is 0 Å². The summed E-state index contributed by atoms with van der Waals surface area (Å²) in [6.07, 6.45) is 0.121. The summed E-state index contributed by atoms with van der Waals surface area (Å²) in [5.74, 6) is -0.274. The van der Waals surface area contributed by atoms with Crippen LogP contribution in [0.15, 0.2) is 18.2 Å². The zero-order chi connectivity index (χ0) is 12.0. The van der Waals surface area contributed by atoms with Crippen LogP contribution < -0.4 is 5.32 Å². The molecule has 0 amide bonds. The van der Waals surface area contributed by atoms with Gasteiger partial charge in [-0.3, -0.25) is 0 Å². The number of halogens is 2. The number of rotatable bonds is 6. The molecule has 2 nitrogen and oxygen atoms in total. The topological polar surface area (TPSA) is 21.3 Å². The molecule has 1 aromatic rings. The largest absolute Gasteiger partial charge is 0.377 e. The summed E-state index contributed by atoms with van der Waals surface area (Å²) in [5, 5.41) is 3.57. The van der Waals surface area contributed by atoms with Crippen molar-refractivity contribution in [1.29, 1.82) is 0 Å². The van der Waals surface area contributed by atoms with Gasteiger partial charge in [0.1, 0.15) is 5.82 Å². The molecule has 4 heteroatoms. The van der Waals surface area contributed by atoms with Gasteiger partial charge < -0.3 is 10.1 Å². The van der Waals surface area contributed by atoms with Crippen molar-refractivity contribution in [2.75, 3.05) is 13.2 Å². The van der Waals surface area contributed by atoms with Gasteiger partial charge in [-0.05, 0) is 26.0 Å². The van der Waals surface area contributed by atoms with E-state index >= 15 is 0 Å². The molecule has 1 unspecified atom stereocenters. The van der Waals surface area contributed by atoms with Crippen molar-refractivity contribution in [2.24, 2.45) is 0 Å². The lowest BCUT2D eigenvalue weighted by Gasteiger charge is -2.13. The monoisotopic (exact) mass is 245 g/mol. The van der Waals surface area contributed by atoms with E-state index in [4.69, 9.17) is 16.3 Å². The quantitative estimate of drug-likeness (QED) is 0.832. The fourth-order valence-electron chi connectivity index (χ4n) is 1.45. The minimum Gasteiger partial charge on any atom is -0.377 e. The van der Waals surface area contributed by atoms with Crippen molar-refractivity contribution in [3.05, 3.63) is 34.6 Å². The average molecular weight is 246 g/mol. The summed E-state index contributed by atoms with van der Waals surface area (Å²) in [7, 11) is 0. The van der Waals surface area contributed by atoms with E-state index in [1.54, 1.807) is 12.1 Å². The van der Waals surface area contributed by atoms with Gasteiger partial charge >= 0.3 is 0 Å². The lowest BCUT2D eigenvalue weighted by atomic mass is 10.2. The Morgan fingerprint density at radius 3 is 2.88 bits per heavy atom. The van der Waals surface area contributed by atoms with Crippen molar-refractivity contribution in [1.82, 2.24) is 5.32 Å². The van der Waals surface area contributed by atoms with Crippen LogP contribution in [0.4, 0.5) is 4.39 Å². The highest BCUT2D eigenvalue weighted by Crippen LogP contribution is 2.18. The molecule has 0 heterocycles. The van der Waals surface area contributed by atoms with E-state index in [0.717, 1.165) is 0 Å². The maximum Gasteiger partial charge on any atom is 0.129 e. The van der Waals surface area contributed by atoms with E-state index in [-0.39, 0.29) is 11.9 Å². The molecule has 1 rings (SSSR count). The van der Waals surface area contributed by atoms with E-state index in [1.165, 1.54) is 6.07 Å². The standard InChI is InChI=1S/C12H17ClFNO/c1-3-16-9(2)7-15-8-10-11(13)5-4-6-12(10)14/h4-6,9,15H,3,7-8H2,1-2H3. The lowest BCUT2D eigenvalue weighted by Crippen LogP contribution is -2.26. The second-order valence-electron chi connectivity index (χ2n) is 3.60. The summed E-state index contributed by atoms with van der Waals surface area (Å²) >= 11 is 5.89. The fourth-order valence-corrected chi connectivity index (χ4v) is 1.67. The first-order valence-corrected chi connectivity index (χ1v) is 5.78. The minimum absolute atomic E-state index is 0.121. The molecule has 0 aliphatic rings. The molecule has 0 spiro atoms. The van der Waals surface area contributed by atoms with Crippen LogP contribution in [0.5, 0.6) is 0 Å². The maximum absolute atomic E-state index is 13.4. The number of hydrogen-bond donors (Lipinski definition) is 1.